The number of rotatable bonds is 3. The number of carbonyl (C=O) groups is 1. The molecular weight excluding hydrogens is 230 g/mol. The van der Waals surface area contributed by atoms with Gasteiger partial charge in [0.1, 0.15) is 0 Å². The maximum Gasteiger partial charge on any atom is 0.239 e. The highest BCUT2D eigenvalue weighted by atomic mass is 16.3. The topological polar surface area (TPSA) is 55.8 Å². The third-order valence-electron chi connectivity index (χ3n) is 4.24. The number of nitrogens with zero attached hydrogens (tertiary/aromatic N) is 2. The molecule has 2 fully saturated rings. The second-order valence-corrected chi connectivity index (χ2v) is 5.41. The van der Waals surface area contributed by atoms with Gasteiger partial charge >= 0.3 is 0 Å². The van der Waals surface area contributed by atoms with Crippen molar-refractivity contribution in [2.45, 2.75) is 25.8 Å². The van der Waals surface area contributed by atoms with Crippen LogP contribution in [0.4, 0.5) is 0 Å². The van der Waals surface area contributed by atoms with Gasteiger partial charge in [-0.15, -0.1) is 0 Å². The first-order chi connectivity index (χ1) is 8.72. The SMILES string of the molecule is CC(C(=O)N1CCNCC1)N1CCC(CO)CC1. The second-order valence-electron chi connectivity index (χ2n) is 5.41. The molecule has 1 amide bonds. The number of likely N-dealkylation sites (tertiary alicyclic amines) is 1. The molecule has 2 aliphatic heterocycles. The number of amides is 1. The summed E-state index contributed by atoms with van der Waals surface area (Å²) in [7, 11) is 0. The molecule has 0 bridgehead atoms. The van der Waals surface area contributed by atoms with E-state index in [-0.39, 0.29) is 18.6 Å². The van der Waals surface area contributed by atoms with Crippen LogP contribution in [0, 0.1) is 5.92 Å². The molecule has 0 aromatic heterocycles. The molecule has 2 saturated heterocycles. The Kier molecular flexibility index (Phi) is 4.97. The van der Waals surface area contributed by atoms with Crippen molar-refractivity contribution in [1.29, 1.82) is 0 Å². The normalized spacial score (nSPS) is 25.1. The van der Waals surface area contributed by atoms with Crippen molar-refractivity contribution in [3.05, 3.63) is 0 Å². The predicted molar refractivity (Wildman–Crippen MR) is 70.3 cm³/mol. The average molecular weight is 255 g/mol. The maximum atomic E-state index is 12.4. The third-order valence-corrected chi connectivity index (χ3v) is 4.24. The zero-order valence-electron chi connectivity index (χ0n) is 11.3. The molecular formula is C13H25N3O2. The lowest BCUT2D eigenvalue weighted by Crippen LogP contribution is -2.54. The van der Waals surface area contributed by atoms with Gasteiger partial charge in [0.05, 0.1) is 6.04 Å². The Balaban J connectivity index is 1.83. The zero-order chi connectivity index (χ0) is 13.0. The van der Waals surface area contributed by atoms with Crippen LogP contribution in [0.5, 0.6) is 0 Å². The average Bonchev–Trinajstić information content (AvgIpc) is 2.47. The van der Waals surface area contributed by atoms with E-state index in [4.69, 9.17) is 5.11 Å². The Hall–Kier alpha value is -0.650. The zero-order valence-corrected chi connectivity index (χ0v) is 11.3. The second kappa shape index (κ2) is 6.50. The van der Waals surface area contributed by atoms with E-state index in [1.807, 2.05) is 11.8 Å². The quantitative estimate of drug-likeness (QED) is 0.714. The van der Waals surface area contributed by atoms with Crippen molar-refractivity contribution in [2.24, 2.45) is 5.92 Å². The molecule has 5 heteroatoms. The van der Waals surface area contributed by atoms with Gasteiger partial charge in [0.15, 0.2) is 0 Å². The first kappa shape index (κ1) is 13.8. The lowest BCUT2D eigenvalue weighted by Gasteiger charge is -2.38. The highest BCUT2D eigenvalue weighted by molar-refractivity contribution is 5.81. The van der Waals surface area contributed by atoms with Crippen molar-refractivity contribution in [3.8, 4) is 0 Å². The van der Waals surface area contributed by atoms with Crippen LogP contribution in [-0.4, -0.2) is 72.7 Å². The Morgan fingerprint density at radius 3 is 2.44 bits per heavy atom. The summed E-state index contributed by atoms with van der Waals surface area (Å²) in [6.45, 7) is 7.65. The summed E-state index contributed by atoms with van der Waals surface area (Å²) in [5, 5.41) is 12.4. The number of hydrogen-bond acceptors (Lipinski definition) is 4. The van der Waals surface area contributed by atoms with E-state index in [1.54, 1.807) is 0 Å². The van der Waals surface area contributed by atoms with Gasteiger partial charge in [-0.2, -0.15) is 0 Å². The minimum atomic E-state index is -0.0113. The number of piperidine rings is 1. The highest BCUT2D eigenvalue weighted by Gasteiger charge is 2.29. The molecule has 1 atom stereocenters. The number of carbonyl (C=O) groups excluding carboxylic acids is 1. The number of piperazine rings is 1. The number of aliphatic hydroxyl groups excluding tert-OH is 1. The van der Waals surface area contributed by atoms with E-state index in [0.29, 0.717) is 5.92 Å². The van der Waals surface area contributed by atoms with E-state index in [9.17, 15) is 4.79 Å². The predicted octanol–water partition coefficient (Wildman–Crippen LogP) is -0.489. The molecule has 0 aromatic carbocycles. The number of nitrogens with one attached hydrogen (secondary N) is 1. The van der Waals surface area contributed by atoms with Crippen LogP contribution in [0.25, 0.3) is 0 Å². The molecule has 2 heterocycles. The third kappa shape index (κ3) is 3.22. The smallest absolute Gasteiger partial charge is 0.239 e. The van der Waals surface area contributed by atoms with Crippen LogP contribution >= 0.6 is 0 Å². The summed E-state index contributed by atoms with van der Waals surface area (Å²) in [5.41, 5.74) is 0. The molecule has 1 unspecified atom stereocenters. The molecule has 2 rings (SSSR count). The first-order valence-corrected chi connectivity index (χ1v) is 7.06. The fourth-order valence-corrected chi connectivity index (χ4v) is 2.83. The van der Waals surface area contributed by atoms with E-state index in [0.717, 1.165) is 52.1 Å². The van der Waals surface area contributed by atoms with Gasteiger partial charge in [-0.05, 0) is 38.8 Å². The molecule has 5 nitrogen and oxygen atoms in total. The molecule has 0 spiro atoms. The van der Waals surface area contributed by atoms with E-state index in [1.165, 1.54) is 0 Å². The Morgan fingerprint density at radius 1 is 1.28 bits per heavy atom. The monoisotopic (exact) mass is 255 g/mol. The number of hydrogen-bond donors (Lipinski definition) is 2. The Bertz CT molecular complexity index is 271. The summed E-state index contributed by atoms with van der Waals surface area (Å²) in [6, 6.07) is -0.0113. The highest BCUT2D eigenvalue weighted by Crippen LogP contribution is 2.19. The molecule has 0 radical (unpaired) electrons. The fraction of sp³-hybridized carbons (Fsp3) is 0.923. The van der Waals surface area contributed by atoms with Gasteiger partial charge in [0.25, 0.3) is 0 Å². The summed E-state index contributed by atoms with van der Waals surface area (Å²) in [5.74, 6) is 0.696. The Morgan fingerprint density at radius 2 is 1.89 bits per heavy atom. The minimum absolute atomic E-state index is 0.0113. The molecule has 0 saturated carbocycles. The van der Waals surface area contributed by atoms with E-state index < -0.39 is 0 Å². The van der Waals surface area contributed by atoms with Gasteiger partial charge in [-0.3, -0.25) is 9.69 Å². The van der Waals surface area contributed by atoms with Gasteiger partial charge in [0, 0.05) is 32.8 Å². The molecule has 0 aliphatic carbocycles. The van der Waals surface area contributed by atoms with Crippen LogP contribution < -0.4 is 5.32 Å². The maximum absolute atomic E-state index is 12.4. The summed E-state index contributed by atoms with van der Waals surface area (Å²) in [6.07, 6.45) is 2.02. The van der Waals surface area contributed by atoms with E-state index >= 15 is 0 Å². The van der Waals surface area contributed by atoms with Gasteiger partial charge in [-0.1, -0.05) is 0 Å². The largest absolute Gasteiger partial charge is 0.396 e. The molecule has 2 aliphatic rings. The van der Waals surface area contributed by atoms with Crippen LogP contribution in [0.2, 0.25) is 0 Å². The first-order valence-electron chi connectivity index (χ1n) is 7.06. The summed E-state index contributed by atoms with van der Waals surface area (Å²) in [4.78, 5) is 16.6. The van der Waals surface area contributed by atoms with E-state index in [2.05, 4.69) is 10.2 Å². The van der Waals surface area contributed by atoms with Crippen LogP contribution in [0.15, 0.2) is 0 Å². The van der Waals surface area contributed by atoms with Crippen LogP contribution in [0.1, 0.15) is 19.8 Å². The molecule has 0 aromatic rings. The summed E-state index contributed by atoms with van der Waals surface area (Å²) < 4.78 is 0. The molecule has 2 N–H and O–H groups in total. The molecule has 18 heavy (non-hydrogen) atoms. The van der Waals surface area contributed by atoms with Crippen LogP contribution in [0.3, 0.4) is 0 Å². The lowest BCUT2D eigenvalue weighted by atomic mass is 9.96. The van der Waals surface area contributed by atoms with Gasteiger partial charge < -0.3 is 15.3 Å². The van der Waals surface area contributed by atoms with Crippen molar-refractivity contribution in [3.63, 3.8) is 0 Å². The molecule has 104 valence electrons. The van der Waals surface area contributed by atoms with Gasteiger partial charge in [-0.25, -0.2) is 0 Å². The minimum Gasteiger partial charge on any atom is -0.396 e. The van der Waals surface area contributed by atoms with Crippen molar-refractivity contribution < 1.29 is 9.90 Å². The number of aliphatic hydroxyl groups is 1. The fourth-order valence-electron chi connectivity index (χ4n) is 2.83. The van der Waals surface area contributed by atoms with Crippen LogP contribution in [-0.2, 0) is 4.79 Å². The van der Waals surface area contributed by atoms with Crippen molar-refractivity contribution in [2.75, 3.05) is 45.9 Å². The van der Waals surface area contributed by atoms with Crippen molar-refractivity contribution >= 4 is 5.91 Å². The lowest BCUT2D eigenvalue weighted by molar-refractivity contribution is -0.137. The summed E-state index contributed by atoms with van der Waals surface area (Å²) >= 11 is 0. The van der Waals surface area contributed by atoms with Crippen molar-refractivity contribution in [1.82, 2.24) is 15.1 Å². The van der Waals surface area contributed by atoms with Gasteiger partial charge in [0.2, 0.25) is 5.91 Å². The standard InChI is InChI=1S/C13H25N3O2/c1-11(13(18)16-8-4-14-5-9-16)15-6-2-12(10-17)3-7-15/h11-12,14,17H,2-10H2,1H3. The Labute approximate surface area is 109 Å².